The van der Waals surface area contributed by atoms with E-state index >= 15 is 0 Å². The summed E-state index contributed by atoms with van der Waals surface area (Å²) in [6, 6.07) is 16.3. The Morgan fingerprint density at radius 1 is 1.10 bits per heavy atom. The van der Waals surface area contributed by atoms with E-state index in [2.05, 4.69) is 36.2 Å². The SMILES string of the molecule is C=CCc1cc(OC)ccc1OCCCNCc1ccccc1.O=C(O)C(=O)O. The van der Waals surface area contributed by atoms with Crippen LogP contribution in [0.5, 0.6) is 11.5 Å². The molecule has 0 aliphatic carbocycles. The quantitative estimate of drug-likeness (QED) is 0.319. The predicted octanol–water partition coefficient (Wildman–Crippen LogP) is 3.14. The molecular weight excluding hydrogens is 374 g/mol. The fraction of sp³-hybridized carbons (Fsp3) is 0.273. The molecule has 0 fully saturated rings. The van der Waals surface area contributed by atoms with E-state index in [-0.39, 0.29) is 0 Å². The van der Waals surface area contributed by atoms with Crippen molar-refractivity contribution in [3.8, 4) is 11.5 Å². The molecule has 0 atom stereocenters. The summed E-state index contributed by atoms with van der Waals surface area (Å²) in [7, 11) is 1.67. The molecule has 3 N–H and O–H groups in total. The van der Waals surface area contributed by atoms with Crippen LogP contribution in [-0.4, -0.2) is 42.4 Å². The van der Waals surface area contributed by atoms with Crippen molar-refractivity contribution < 1.29 is 29.3 Å². The molecule has 0 heterocycles. The number of carboxylic acids is 2. The summed E-state index contributed by atoms with van der Waals surface area (Å²) >= 11 is 0. The lowest BCUT2D eigenvalue weighted by atomic mass is 10.1. The van der Waals surface area contributed by atoms with Gasteiger partial charge in [0, 0.05) is 12.1 Å². The van der Waals surface area contributed by atoms with Crippen LogP contribution in [0.1, 0.15) is 17.5 Å². The van der Waals surface area contributed by atoms with Crippen molar-refractivity contribution in [2.75, 3.05) is 20.3 Å². The maximum Gasteiger partial charge on any atom is 0.414 e. The second kappa shape index (κ2) is 13.8. The first-order valence-electron chi connectivity index (χ1n) is 9.09. The number of methoxy groups -OCH3 is 1. The summed E-state index contributed by atoms with van der Waals surface area (Å²) in [5, 5.41) is 18.2. The molecule has 0 aliphatic heterocycles. The van der Waals surface area contributed by atoms with Gasteiger partial charge in [-0.05, 0) is 43.1 Å². The molecule has 2 rings (SSSR count). The minimum atomic E-state index is -1.82. The molecule has 7 nitrogen and oxygen atoms in total. The molecule has 0 aromatic heterocycles. The van der Waals surface area contributed by atoms with Gasteiger partial charge >= 0.3 is 11.9 Å². The second-order valence-corrected chi connectivity index (χ2v) is 5.94. The first-order chi connectivity index (χ1) is 14.0. The van der Waals surface area contributed by atoms with Crippen LogP contribution in [0.25, 0.3) is 0 Å². The Bertz CT molecular complexity index is 764. The minimum Gasteiger partial charge on any atom is -0.497 e. The number of hydrogen-bond acceptors (Lipinski definition) is 5. The first-order valence-corrected chi connectivity index (χ1v) is 9.09. The molecule has 0 saturated heterocycles. The number of allylic oxidation sites excluding steroid dienone is 1. The number of rotatable bonds is 10. The van der Waals surface area contributed by atoms with Crippen LogP contribution in [0.3, 0.4) is 0 Å². The van der Waals surface area contributed by atoms with Crippen LogP contribution in [0.2, 0.25) is 0 Å². The Labute approximate surface area is 170 Å². The molecule has 0 unspecified atom stereocenters. The van der Waals surface area contributed by atoms with Gasteiger partial charge in [0.1, 0.15) is 11.5 Å². The highest BCUT2D eigenvalue weighted by atomic mass is 16.5. The first kappa shape index (κ1) is 23.7. The Morgan fingerprint density at radius 3 is 2.38 bits per heavy atom. The number of nitrogens with one attached hydrogen (secondary N) is 1. The number of carbonyl (C=O) groups is 2. The average molecular weight is 401 g/mol. The molecule has 0 amide bonds. The van der Waals surface area contributed by atoms with E-state index in [4.69, 9.17) is 29.3 Å². The molecule has 0 saturated carbocycles. The van der Waals surface area contributed by atoms with E-state index in [1.54, 1.807) is 7.11 Å². The zero-order chi connectivity index (χ0) is 21.5. The van der Waals surface area contributed by atoms with Crippen molar-refractivity contribution in [3.05, 3.63) is 72.3 Å². The monoisotopic (exact) mass is 401 g/mol. The highest BCUT2D eigenvalue weighted by molar-refractivity contribution is 6.27. The lowest BCUT2D eigenvalue weighted by Crippen LogP contribution is -2.17. The molecule has 2 aromatic carbocycles. The normalized spacial score (nSPS) is 9.69. The van der Waals surface area contributed by atoms with Crippen molar-refractivity contribution in [2.45, 2.75) is 19.4 Å². The fourth-order valence-corrected chi connectivity index (χ4v) is 2.35. The van der Waals surface area contributed by atoms with E-state index in [1.807, 2.05) is 30.3 Å². The zero-order valence-corrected chi connectivity index (χ0v) is 16.5. The van der Waals surface area contributed by atoms with Gasteiger partial charge in [-0.25, -0.2) is 9.59 Å². The van der Waals surface area contributed by atoms with E-state index < -0.39 is 11.9 Å². The van der Waals surface area contributed by atoms with Gasteiger partial charge in [0.05, 0.1) is 13.7 Å². The summed E-state index contributed by atoms with van der Waals surface area (Å²) in [4.78, 5) is 18.2. The third-order valence-corrected chi connectivity index (χ3v) is 3.74. The fourth-order valence-electron chi connectivity index (χ4n) is 2.35. The van der Waals surface area contributed by atoms with Gasteiger partial charge in [-0.2, -0.15) is 0 Å². The largest absolute Gasteiger partial charge is 0.497 e. The lowest BCUT2D eigenvalue weighted by Gasteiger charge is -2.12. The van der Waals surface area contributed by atoms with Crippen LogP contribution in [0.15, 0.2) is 61.2 Å². The van der Waals surface area contributed by atoms with Gasteiger partial charge in [0.25, 0.3) is 0 Å². The van der Waals surface area contributed by atoms with E-state index in [0.717, 1.165) is 43.0 Å². The summed E-state index contributed by atoms with van der Waals surface area (Å²) in [6.07, 6.45) is 3.62. The Balaban J connectivity index is 0.000000612. The minimum absolute atomic E-state index is 0.693. The molecule has 0 spiro atoms. The highest BCUT2D eigenvalue weighted by Crippen LogP contribution is 2.25. The van der Waals surface area contributed by atoms with Gasteiger partial charge in [-0.15, -0.1) is 6.58 Å². The van der Waals surface area contributed by atoms with Gasteiger partial charge in [0.2, 0.25) is 0 Å². The molecule has 7 heteroatoms. The predicted molar refractivity (Wildman–Crippen MR) is 110 cm³/mol. The number of aliphatic carboxylic acids is 2. The second-order valence-electron chi connectivity index (χ2n) is 5.94. The third-order valence-electron chi connectivity index (χ3n) is 3.74. The Morgan fingerprint density at radius 2 is 1.79 bits per heavy atom. The van der Waals surface area contributed by atoms with Crippen LogP contribution >= 0.6 is 0 Å². The average Bonchev–Trinajstić information content (AvgIpc) is 2.72. The van der Waals surface area contributed by atoms with E-state index in [1.165, 1.54) is 5.56 Å². The maximum absolute atomic E-state index is 9.10. The molecule has 0 radical (unpaired) electrons. The van der Waals surface area contributed by atoms with E-state index in [0.29, 0.717) is 6.61 Å². The van der Waals surface area contributed by atoms with Crippen molar-refractivity contribution in [1.82, 2.24) is 5.32 Å². The van der Waals surface area contributed by atoms with Gasteiger partial charge in [-0.3, -0.25) is 0 Å². The van der Waals surface area contributed by atoms with E-state index in [9.17, 15) is 0 Å². The van der Waals surface area contributed by atoms with Crippen molar-refractivity contribution in [1.29, 1.82) is 0 Å². The molecule has 29 heavy (non-hydrogen) atoms. The zero-order valence-electron chi connectivity index (χ0n) is 16.5. The van der Waals surface area contributed by atoms with Gasteiger partial charge < -0.3 is 25.0 Å². The van der Waals surface area contributed by atoms with Crippen LogP contribution < -0.4 is 14.8 Å². The van der Waals surface area contributed by atoms with Crippen molar-refractivity contribution >= 4 is 11.9 Å². The van der Waals surface area contributed by atoms with Gasteiger partial charge in [-0.1, -0.05) is 36.4 Å². The number of hydrogen-bond donors (Lipinski definition) is 3. The van der Waals surface area contributed by atoms with Crippen LogP contribution in [0.4, 0.5) is 0 Å². The maximum atomic E-state index is 9.10. The number of ether oxygens (including phenoxy) is 2. The Kier molecular flexibility index (Phi) is 11.3. The Hall–Kier alpha value is -3.32. The van der Waals surface area contributed by atoms with Crippen LogP contribution in [0, 0.1) is 0 Å². The lowest BCUT2D eigenvalue weighted by molar-refractivity contribution is -0.159. The topological polar surface area (TPSA) is 105 Å². The number of carboxylic acid groups (broad SMARTS) is 2. The van der Waals surface area contributed by atoms with Crippen molar-refractivity contribution in [3.63, 3.8) is 0 Å². The van der Waals surface area contributed by atoms with Crippen molar-refractivity contribution in [2.24, 2.45) is 0 Å². The number of benzene rings is 2. The molecule has 0 aliphatic rings. The van der Waals surface area contributed by atoms with Crippen LogP contribution in [-0.2, 0) is 22.6 Å². The molecule has 0 bridgehead atoms. The molecule has 2 aromatic rings. The molecular formula is C22H27NO6. The summed E-state index contributed by atoms with van der Waals surface area (Å²) in [5.74, 6) is -1.89. The van der Waals surface area contributed by atoms with Gasteiger partial charge in [0.15, 0.2) is 0 Å². The summed E-state index contributed by atoms with van der Waals surface area (Å²) in [6.45, 7) is 6.31. The smallest absolute Gasteiger partial charge is 0.414 e. The molecule has 156 valence electrons. The third kappa shape index (κ3) is 9.97. The summed E-state index contributed by atoms with van der Waals surface area (Å²) in [5.41, 5.74) is 2.41. The summed E-state index contributed by atoms with van der Waals surface area (Å²) < 4.78 is 11.2. The standard InChI is InChI=1S/C20H25NO2.C2H2O4/c1-3-8-18-15-19(22-2)11-12-20(18)23-14-7-13-21-16-17-9-5-4-6-10-17;3-1(4)2(5)6/h3-6,9-12,15,21H,1,7-8,13-14,16H2,2H3;(H,3,4)(H,5,6). The highest BCUT2D eigenvalue weighted by Gasteiger charge is 2.05.